The molecular formula is C18H18N2O3S. The van der Waals surface area contributed by atoms with Crippen LogP contribution in [0, 0.1) is 25.2 Å². The number of allylic oxidation sites excluding steroid dienone is 1. The Morgan fingerprint density at radius 2 is 1.79 bits per heavy atom. The van der Waals surface area contributed by atoms with Crippen molar-refractivity contribution in [3.8, 4) is 11.8 Å². The van der Waals surface area contributed by atoms with Gasteiger partial charge in [0.25, 0.3) is 10.0 Å². The SMILES string of the molecule is COc1ccc(NS(=O)(=O)/C(C#N)=C/c2ccc(C)c(C)c2)cc1. The number of hydrogen-bond donors (Lipinski definition) is 1. The molecule has 0 saturated heterocycles. The van der Waals surface area contributed by atoms with Gasteiger partial charge in [-0.2, -0.15) is 5.26 Å². The number of sulfonamides is 1. The van der Waals surface area contributed by atoms with Gasteiger partial charge in [0.05, 0.1) is 7.11 Å². The highest BCUT2D eigenvalue weighted by Crippen LogP contribution is 2.20. The molecule has 0 aliphatic carbocycles. The predicted molar refractivity (Wildman–Crippen MR) is 95.0 cm³/mol. The maximum absolute atomic E-state index is 12.4. The minimum atomic E-state index is -3.96. The highest BCUT2D eigenvalue weighted by molar-refractivity contribution is 7.96. The maximum Gasteiger partial charge on any atom is 0.272 e. The number of nitriles is 1. The lowest BCUT2D eigenvalue weighted by Crippen LogP contribution is -2.14. The van der Waals surface area contributed by atoms with Gasteiger partial charge in [-0.1, -0.05) is 18.2 Å². The lowest BCUT2D eigenvalue weighted by molar-refractivity contribution is 0.415. The number of aryl methyl sites for hydroxylation is 2. The van der Waals surface area contributed by atoms with Crippen molar-refractivity contribution in [2.24, 2.45) is 0 Å². The van der Waals surface area contributed by atoms with E-state index in [0.29, 0.717) is 17.0 Å². The third-order valence-electron chi connectivity index (χ3n) is 3.57. The summed E-state index contributed by atoms with van der Waals surface area (Å²) in [5.41, 5.74) is 3.15. The van der Waals surface area contributed by atoms with Crippen molar-refractivity contribution >= 4 is 21.8 Å². The van der Waals surface area contributed by atoms with E-state index in [1.54, 1.807) is 36.4 Å². The molecule has 6 heteroatoms. The minimum absolute atomic E-state index is 0.346. The number of rotatable bonds is 5. The van der Waals surface area contributed by atoms with E-state index in [0.717, 1.165) is 11.1 Å². The Balaban J connectivity index is 2.31. The van der Waals surface area contributed by atoms with Crippen LogP contribution >= 0.6 is 0 Å². The lowest BCUT2D eigenvalue weighted by Gasteiger charge is -2.08. The molecule has 0 atom stereocenters. The zero-order valence-corrected chi connectivity index (χ0v) is 14.5. The van der Waals surface area contributed by atoms with Gasteiger partial charge in [-0.05, 0) is 60.9 Å². The van der Waals surface area contributed by atoms with Crippen molar-refractivity contribution in [3.05, 3.63) is 64.1 Å². The molecule has 0 heterocycles. The molecule has 0 aromatic heterocycles. The molecule has 0 saturated carbocycles. The van der Waals surface area contributed by atoms with Crippen molar-refractivity contribution in [2.75, 3.05) is 11.8 Å². The van der Waals surface area contributed by atoms with Gasteiger partial charge in [-0.15, -0.1) is 0 Å². The summed E-state index contributed by atoms with van der Waals surface area (Å²) in [6.45, 7) is 3.90. The van der Waals surface area contributed by atoms with Crippen LogP contribution in [0.4, 0.5) is 5.69 Å². The van der Waals surface area contributed by atoms with E-state index in [9.17, 15) is 13.7 Å². The van der Waals surface area contributed by atoms with Gasteiger partial charge < -0.3 is 4.74 Å². The van der Waals surface area contributed by atoms with Gasteiger partial charge >= 0.3 is 0 Å². The summed E-state index contributed by atoms with van der Waals surface area (Å²) in [5.74, 6) is 0.615. The Labute approximate surface area is 142 Å². The summed E-state index contributed by atoms with van der Waals surface area (Å²) < 4.78 is 32.2. The summed E-state index contributed by atoms with van der Waals surface area (Å²) in [4.78, 5) is -0.346. The average Bonchev–Trinajstić information content (AvgIpc) is 2.56. The molecule has 0 radical (unpaired) electrons. The number of methoxy groups -OCH3 is 1. The number of benzene rings is 2. The van der Waals surface area contributed by atoms with E-state index in [4.69, 9.17) is 4.74 Å². The third kappa shape index (κ3) is 4.15. The monoisotopic (exact) mass is 342 g/mol. The third-order valence-corrected chi connectivity index (χ3v) is 4.86. The zero-order chi connectivity index (χ0) is 17.7. The molecule has 5 nitrogen and oxygen atoms in total. The lowest BCUT2D eigenvalue weighted by atomic mass is 10.1. The molecular weight excluding hydrogens is 324 g/mol. The van der Waals surface area contributed by atoms with E-state index >= 15 is 0 Å². The summed E-state index contributed by atoms with van der Waals surface area (Å²) in [6, 6.07) is 13.7. The molecule has 2 aromatic rings. The van der Waals surface area contributed by atoms with Crippen molar-refractivity contribution in [1.29, 1.82) is 5.26 Å². The van der Waals surface area contributed by atoms with Crippen LogP contribution in [0.25, 0.3) is 6.08 Å². The van der Waals surface area contributed by atoms with Gasteiger partial charge in [0.15, 0.2) is 4.91 Å². The van der Waals surface area contributed by atoms with E-state index in [1.807, 2.05) is 26.0 Å². The summed E-state index contributed by atoms with van der Waals surface area (Å²) in [6.07, 6.45) is 1.36. The molecule has 0 bridgehead atoms. The fourth-order valence-corrected chi connectivity index (χ4v) is 3.01. The van der Waals surface area contributed by atoms with Crippen LogP contribution in [0.3, 0.4) is 0 Å². The Hall–Kier alpha value is -2.78. The highest BCUT2D eigenvalue weighted by atomic mass is 32.2. The molecule has 2 aromatic carbocycles. The predicted octanol–water partition coefficient (Wildman–Crippen LogP) is 3.62. The molecule has 0 fully saturated rings. The molecule has 2 rings (SSSR count). The summed E-state index contributed by atoms with van der Waals surface area (Å²) >= 11 is 0. The number of nitrogens with zero attached hydrogens (tertiary/aromatic N) is 1. The highest BCUT2D eigenvalue weighted by Gasteiger charge is 2.17. The van der Waals surface area contributed by atoms with Crippen LogP contribution in [-0.2, 0) is 10.0 Å². The average molecular weight is 342 g/mol. The van der Waals surface area contributed by atoms with E-state index in [-0.39, 0.29) is 4.91 Å². The Kier molecular flexibility index (Phi) is 5.27. The molecule has 0 amide bonds. The molecule has 0 aliphatic rings. The second-order valence-electron chi connectivity index (χ2n) is 5.30. The maximum atomic E-state index is 12.4. The molecule has 1 N–H and O–H groups in total. The van der Waals surface area contributed by atoms with Crippen molar-refractivity contribution in [1.82, 2.24) is 0 Å². The van der Waals surface area contributed by atoms with Gasteiger partial charge in [0, 0.05) is 5.69 Å². The Bertz CT molecular complexity index is 908. The van der Waals surface area contributed by atoms with Crippen LogP contribution in [0.1, 0.15) is 16.7 Å². The second-order valence-corrected chi connectivity index (χ2v) is 6.95. The summed E-state index contributed by atoms with van der Waals surface area (Å²) in [5, 5.41) is 9.25. The van der Waals surface area contributed by atoms with Crippen molar-refractivity contribution in [2.45, 2.75) is 13.8 Å². The minimum Gasteiger partial charge on any atom is -0.497 e. The number of anilines is 1. The molecule has 0 spiro atoms. The molecule has 124 valence electrons. The van der Waals surface area contributed by atoms with Crippen LogP contribution in [0.5, 0.6) is 5.75 Å². The molecule has 0 unspecified atom stereocenters. The molecule has 0 aliphatic heterocycles. The second kappa shape index (κ2) is 7.20. The fraction of sp³-hybridized carbons (Fsp3) is 0.167. The molecule has 24 heavy (non-hydrogen) atoms. The van der Waals surface area contributed by atoms with Crippen molar-refractivity contribution in [3.63, 3.8) is 0 Å². The number of ether oxygens (including phenoxy) is 1. The first-order chi connectivity index (χ1) is 11.4. The van der Waals surface area contributed by atoms with Crippen LogP contribution in [-0.4, -0.2) is 15.5 Å². The first-order valence-electron chi connectivity index (χ1n) is 7.21. The van der Waals surface area contributed by atoms with Crippen LogP contribution in [0.2, 0.25) is 0 Å². The first-order valence-corrected chi connectivity index (χ1v) is 8.70. The van der Waals surface area contributed by atoms with Gasteiger partial charge in [-0.3, -0.25) is 4.72 Å². The quantitative estimate of drug-likeness (QED) is 0.842. The first kappa shape index (κ1) is 17.6. The smallest absolute Gasteiger partial charge is 0.272 e. The Morgan fingerprint density at radius 1 is 1.12 bits per heavy atom. The topological polar surface area (TPSA) is 79.2 Å². The zero-order valence-electron chi connectivity index (χ0n) is 13.7. The van der Waals surface area contributed by atoms with Gasteiger partial charge in [-0.25, -0.2) is 8.42 Å². The van der Waals surface area contributed by atoms with Gasteiger partial charge in [0.1, 0.15) is 11.8 Å². The van der Waals surface area contributed by atoms with E-state index < -0.39 is 10.0 Å². The van der Waals surface area contributed by atoms with Crippen molar-refractivity contribution < 1.29 is 13.2 Å². The summed E-state index contributed by atoms with van der Waals surface area (Å²) in [7, 11) is -2.43. The van der Waals surface area contributed by atoms with Crippen LogP contribution in [0.15, 0.2) is 47.4 Å². The number of hydrogen-bond acceptors (Lipinski definition) is 4. The fourth-order valence-electron chi connectivity index (χ4n) is 2.04. The normalized spacial score (nSPS) is 11.7. The Morgan fingerprint density at radius 3 is 2.33 bits per heavy atom. The van der Waals surface area contributed by atoms with E-state index in [1.165, 1.54) is 13.2 Å². The number of nitrogens with one attached hydrogen (secondary N) is 1. The van der Waals surface area contributed by atoms with E-state index in [2.05, 4.69) is 4.72 Å². The van der Waals surface area contributed by atoms with Crippen LogP contribution < -0.4 is 9.46 Å². The standard InChI is InChI=1S/C18H18N2O3S/c1-13-4-5-15(10-14(13)2)11-18(12-19)24(21,22)20-16-6-8-17(23-3)9-7-16/h4-11,20H,1-3H3/b18-11+. The largest absolute Gasteiger partial charge is 0.497 e. The van der Waals surface area contributed by atoms with Gasteiger partial charge in [0.2, 0.25) is 0 Å².